The van der Waals surface area contributed by atoms with Crippen molar-refractivity contribution in [2.75, 3.05) is 0 Å². The third-order valence-corrected chi connectivity index (χ3v) is 4.69. The molecule has 0 amide bonds. The van der Waals surface area contributed by atoms with Gasteiger partial charge in [-0.3, -0.25) is 14.6 Å². The Bertz CT molecular complexity index is 1020. The van der Waals surface area contributed by atoms with Gasteiger partial charge in [0.25, 0.3) is 0 Å². The molecular formula is C21H18FO5P. The quantitative estimate of drug-likeness (QED) is 0.457. The summed E-state index contributed by atoms with van der Waals surface area (Å²) in [5, 5.41) is 0. The van der Waals surface area contributed by atoms with Crippen LogP contribution in [0.25, 0.3) is 0 Å². The van der Waals surface area contributed by atoms with Gasteiger partial charge in [0.15, 0.2) is 17.9 Å². The van der Waals surface area contributed by atoms with E-state index in [0.29, 0.717) is 11.8 Å². The summed E-state index contributed by atoms with van der Waals surface area (Å²) in [7, 11) is -4.97. The van der Waals surface area contributed by atoms with Gasteiger partial charge in [-0.05, 0) is 29.2 Å². The van der Waals surface area contributed by atoms with E-state index in [9.17, 15) is 9.36 Å². The molecule has 28 heavy (non-hydrogen) atoms. The van der Waals surface area contributed by atoms with Crippen LogP contribution in [0.5, 0.6) is 5.75 Å². The molecule has 3 aromatic carbocycles. The minimum Gasteiger partial charge on any atom is -0.401 e. The Balaban J connectivity index is 2.14. The van der Waals surface area contributed by atoms with Crippen molar-refractivity contribution < 1.29 is 28.1 Å². The molecule has 3 aromatic rings. The van der Waals surface area contributed by atoms with Gasteiger partial charge in [-0.25, -0.2) is 8.96 Å². The third kappa shape index (κ3) is 4.93. The van der Waals surface area contributed by atoms with Crippen LogP contribution < -0.4 is 4.52 Å². The van der Waals surface area contributed by atoms with Crippen molar-refractivity contribution in [1.82, 2.24) is 0 Å². The van der Waals surface area contributed by atoms with E-state index < -0.39 is 19.4 Å². The van der Waals surface area contributed by atoms with Gasteiger partial charge in [0, 0.05) is 17.5 Å². The van der Waals surface area contributed by atoms with Crippen LogP contribution in [0.15, 0.2) is 66.7 Å². The number of halogens is 1. The Labute approximate surface area is 161 Å². The summed E-state index contributed by atoms with van der Waals surface area (Å²) in [5.74, 6) is -1.53. The number of hydrogen-bond acceptors (Lipinski definition) is 3. The van der Waals surface area contributed by atoms with Crippen LogP contribution >= 0.6 is 7.82 Å². The summed E-state index contributed by atoms with van der Waals surface area (Å²) in [6, 6.07) is 19.3. The highest BCUT2D eigenvalue weighted by Crippen LogP contribution is 2.41. The van der Waals surface area contributed by atoms with Crippen molar-refractivity contribution in [2.45, 2.75) is 12.8 Å². The first-order chi connectivity index (χ1) is 13.4. The molecule has 0 fully saturated rings. The van der Waals surface area contributed by atoms with Gasteiger partial charge in [0.2, 0.25) is 0 Å². The second kappa shape index (κ2) is 8.48. The smallest absolute Gasteiger partial charge is 0.401 e. The van der Waals surface area contributed by atoms with Gasteiger partial charge in [-0.1, -0.05) is 60.7 Å². The summed E-state index contributed by atoms with van der Waals surface area (Å²) in [5.41, 5.74) is 2.24. The van der Waals surface area contributed by atoms with Crippen molar-refractivity contribution in [1.29, 1.82) is 0 Å². The van der Waals surface area contributed by atoms with E-state index in [4.69, 9.17) is 9.79 Å². The summed E-state index contributed by atoms with van der Waals surface area (Å²) in [4.78, 5) is 30.1. The molecule has 0 bridgehead atoms. The van der Waals surface area contributed by atoms with Crippen LogP contribution in [-0.2, 0) is 17.4 Å². The highest BCUT2D eigenvalue weighted by atomic mass is 31.2. The topological polar surface area (TPSA) is 83.8 Å². The number of rotatable bonds is 7. The second-order valence-corrected chi connectivity index (χ2v) is 7.43. The average Bonchev–Trinajstić information content (AvgIpc) is 2.66. The Morgan fingerprint density at radius 2 is 1.46 bits per heavy atom. The van der Waals surface area contributed by atoms with Crippen LogP contribution in [-0.4, -0.2) is 16.1 Å². The minimum absolute atomic E-state index is 0.0399. The zero-order valence-electron chi connectivity index (χ0n) is 14.8. The molecule has 0 atom stereocenters. The molecule has 0 aliphatic heterocycles. The van der Waals surface area contributed by atoms with Crippen LogP contribution in [0.3, 0.4) is 0 Å². The van der Waals surface area contributed by atoms with Gasteiger partial charge >= 0.3 is 7.82 Å². The lowest BCUT2D eigenvalue weighted by molar-refractivity contribution is 0.112. The second-order valence-electron chi connectivity index (χ2n) is 6.26. The molecule has 5 nitrogen and oxygen atoms in total. The van der Waals surface area contributed by atoms with Gasteiger partial charge in [-0.15, -0.1) is 0 Å². The van der Waals surface area contributed by atoms with Crippen molar-refractivity contribution >= 4 is 14.1 Å². The van der Waals surface area contributed by atoms with E-state index in [2.05, 4.69) is 4.52 Å². The highest BCUT2D eigenvalue weighted by molar-refractivity contribution is 7.46. The maximum Gasteiger partial charge on any atom is 0.524 e. The van der Waals surface area contributed by atoms with Gasteiger partial charge in [0.1, 0.15) is 0 Å². The first-order valence-corrected chi connectivity index (χ1v) is 10.0. The molecule has 0 saturated carbocycles. The van der Waals surface area contributed by atoms with E-state index in [1.165, 1.54) is 6.07 Å². The van der Waals surface area contributed by atoms with Crippen LogP contribution in [0.1, 0.15) is 32.6 Å². The van der Waals surface area contributed by atoms with Crippen molar-refractivity contribution in [3.63, 3.8) is 0 Å². The van der Waals surface area contributed by atoms with Crippen molar-refractivity contribution in [3.8, 4) is 5.75 Å². The summed E-state index contributed by atoms with van der Waals surface area (Å²) in [6.07, 6.45) is 0.941. The lowest BCUT2D eigenvalue weighted by Crippen LogP contribution is -2.07. The first-order valence-electron chi connectivity index (χ1n) is 8.50. The number of phosphoric ester groups is 1. The normalized spacial score (nSPS) is 11.2. The van der Waals surface area contributed by atoms with Gasteiger partial charge in [0.05, 0.1) is 0 Å². The molecule has 0 radical (unpaired) electrons. The standard InChI is InChI=1S/C21H18FO5P/c22-21-18(12-16-9-5-2-6-10-16)19(14-23)17(11-15-7-3-1-4-8-15)13-20(21)27-28(24,25)26/h1-10,13-14H,11-12H2,(H2,24,25,26). The third-order valence-electron chi connectivity index (χ3n) is 4.25. The lowest BCUT2D eigenvalue weighted by Gasteiger charge is -2.17. The molecule has 0 aliphatic carbocycles. The molecule has 7 heteroatoms. The molecule has 144 valence electrons. The van der Waals surface area contributed by atoms with E-state index in [1.54, 1.807) is 24.3 Å². The zero-order valence-corrected chi connectivity index (χ0v) is 15.7. The fourth-order valence-electron chi connectivity index (χ4n) is 3.04. The Morgan fingerprint density at radius 1 is 0.929 bits per heavy atom. The summed E-state index contributed by atoms with van der Waals surface area (Å²) in [6.45, 7) is 0. The number of carbonyl (C=O) groups is 1. The number of phosphoric acid groups is 1. The molecule has 2 N–H and O–H groups in total. The van der Waals surface area contributed by atoms with E-state index in [0.717, 1.165) is 11.1 Å². The summed E-state index contributed by atoms with van der Waals surface area (Å²) >= 11 is 0. The van der Waals surface area contributed by atoms with Crippen LogP contribution in [0, 0.1) is 5.82 Å². The van der Waals surface area contributed by atoms with Crippen LogP contribution in [0.2, 0.25) is 0 Å². The van der Waals surface area contributed by atoms with Crippen molar-refractivity contribution in [3.05, 3.63) is 100 Å². The maximum atomic E-state index is 15.0. The van der Waals surface area contributed by atoms with Gasteiger partial charge in [-0.2, -0.15) is 0 Å². The first kappa shape index (κ1) is 20.0. The fourth-order valence-corrected chi connectivity index (χ4v) is 3.43. The number of carbonyl (C=O) groups excluding carboxylic acids is 1. The van der Waals surface area contributed by atoms with Gasteiger partial charge < -0.3 is 4.52 Å². The van der Waals surface area contributed by atoms with Crippen molar-refractivity contribution in [2.24, 2.45) is 0 Å². The molecule has 0 aromatic heterocycles. The molecular weight excluding hydrogens is 382 g/mol. The monoisotopic (exact) mass is 400 g/mol. The molecule has 0 aliphatic rings. The predicted octanol–water partition coefficient (Wildman–Crippen LogP) is 4.29. The Kier molecular flexibility index (Phi) is 6.05. The molecule has 3 rings (SSSR count). The Morgan fingerprint density at radius 3 is 1.96 bits per heavy atom. The molecule has 0 saturated heterocycles. The van der Waals surface area contributed by atoms with E-state index >= 15 is 4.39 Å². The number of aldehydes is 1. The number of benzene rings is 3. The van der Waals surface area contributed by atoms with E-state index in [-0.39, 0.29) is 24.0 Å². The van der Waals surface area contributed by atoms with Crippen LogP contribution in [0.4, 0.5) is 4.39 Å². The zero-order chi connectivity index (χ0) is 20.1. The molecule has 0 unspecified atom stereocenters. The Hall–Kier alpha value is -2.79. The molecule has 0 heterocycles. The average molecular weight is 400 g/mol. The van der Waals surface area contributed by atoms with E-state index in [1.807, 2.05) is 36.4 Å². The summed E-state index contributed by atoms with van der Waals surface area (Å²) < 4.78 is 30.9. The SMILES string of the molecule is O=Cc1c(Cc2ccccc2)cc(OP(=O)(O)O)c(F)c1Cc1ccccc1. The minimum atomic E-state index is -4.97. The highest BCUT2D eigenvalue weighted by Gasteiger charge is 2.24. The predicted molar refractivity (Wildman–Crippen MR) is 103 cm³/mol. The lowest BCUT2D eigenvalue weighted by atomic mass is 9.92. The molecule has 0 spiro atoms. The largest absolute Gasteiger partial charge is 0.524 e. The number of hydrogen-bond donors (Lipinski definition) is 2. The maximum absolute atomic E-state index is 15.0. The fraction of sp³-hybridized carbons (Fsp3) is 0.0952.